The Kier molecular flexibility index (Phi) is 3.81. The molecule has 0 aliphatic rings. The van der Waals surface area contributed by atoms with Gasteiger partial charge in [0, 0.05) is 9.40 Å². The number of rotatable bonds is 4. The van der Waals surface area contributed by atoms with E-state index in [9.17, 15) is 9.90 Å². The highest BCUT2D eigenvalue weighted by Gasteiger charge is 2.17. The standard InChI is InChI=1S/C12H15NO2S2/c1-7(2)8(6-14)13-12(15)11-5-10-9(17-11)3-4-16-10/h3-5,7-8,14H,6H2,1-2H3,(H,13,15). The van der Waals surface area contributed by atoms with E-state index in [-0.39, 0.29) is 24.5 Å². The molecule has 0 fully saturated rings. The van der Waals surface area contributed by atoms with Gasteiger partial charge in [0.1, 0.15) is 0 Å². The van der Waals surface area contributed by atoms with Gasteiger partial charge >= 0.3 is 0 Å². The Bertz CT molecular complexity index is 487. The zero-order chi connectivity index (χ0) is 12.4. The number of aliphatic hydroxyl groups is 1. The molecule has 3 nitrogen and oxygen atoms in total. The van der Waals surface area contributed by atoms with Gasteiger partial charge in [0.15, 0.2) is 0 Å². The van der Waals surface area contributed by atoms with Crippen LogP contribution in [0.3, 0.4) is 0 Å². The van der Waals surface area contributed by atoms with Crippen LogP contribution in [0.2, 0.25) is 0 Å². The van der Waals surface area contributed by atoms with E-state index in [4.69, 9.17) is 0 Å². The molecule has 0 saturated heterocycles. The van der Waals surface area contributed by atoms with Gasteiger partial charge in [-0.1, -0.05) is 13.8 Å². The third-order valence-electron chi connectivity index (χ3n) is 2.68. The summed E-state index contributed by atoms with van der Waals surface area (Å²) in [5, 5.41) is 14.1. The number of carbonyl (C=O) groups excluding carboxylic acids is 1. The van der Waals surface area contributed by atoms with Gasteiger partial charge in [-0.05, 0) is 23.4 Å². The maximum Gasteiger partial charge on any atom is 0.261 e. The van der Waals surface area contributed by atoms with Crippen molar-refractivity contribution in [3.8, 4) is 0 Å². The molecule has 2 rings (SSSR count). The van der Waals surface area contributed by atoms with Crippen molar-refractivity contribution in [2.75, 3.05) is 6.61 Å². The summed E-state index contributed by atoms with van der Waals surface area (Å²) in [4.78, 5) is 12.7. The highest BCUT2D eigenvalue weighted by molar-refractivity contribution is 7.27. The van der Waals surface area contributed by atoms with Crippen LogP contribution in [-0.4, -0.2) is 23.7 Å². The van der Waals surface area contributed by atoms with E-state index in [0.717, 1.165) is 9.40 Å². The summed E-state index contributed by atoms with van der Waals surface area (Å²) in [6.07, 6.45) is 0. The van der Waals surface area contributed by atoms with Crippen LogP contribution in [0.1, 0.15) is 23.5 Å². The summed E-state index contributed by atoms with van der Waals surface area (Å²) in [6.45, 7) is 3.94. The summed E-state index contributed by atoms with van der Waals surface area (Å²) < 4.78 is 2.29. The van der Waals surface area contributed by atoms with Crippen LogP contribution in [0.4, 0.5) is 0 Å². The second kappa shape index (κ2) is 5.16. The summed E-state index contributed by atoms with van der Waals surface area (Å²) >= 11 is 3.13. The lowest BCUT2D eigenvalue weighted by Gasteiger charge is -2.19. The summed E-state index contributed by atoms with van der Waals surface area (Å²) in [6, 6.07) is 3.75. The molecule has 2 heterocycles. The number of aliphatic hydroxyl groups excluding tert-OH is 1. The van der Waals surface area contributed by atoms with Crippen molar-refractivity contribution in [3.63, 3.8) is 0 Å². The lowest BCUT2D eigenvalue weighted by molar-refractivity contribution is 0.0901. The molecule has 0 aliphatic carbocycles. The van der Waals surface area contributed by atoms with Crippen molar-refractivity contribution < 1.29 is 9.90 Å². The number of amides is 1. The average Bonchev–Trinajstić information content (AvgIpc) is 2.84. The van der Waals surface area contributed by atoms with E-state index in [1.54, 1.807) is 11.3 Å². The maximum absolute atomic E-state index is 12.0. The smallest absolute Gasteiger partial charge is 0.261 e. The Morgan fingerprint density at radius 1 is 1.47 bits per heavy atom. The fourth-order valence-corrected chi connectivity index (χ4v) is 3.55. The van der Waals surface area contributed by atoms with Crippen molar-refractivity contribution >= 4 is 38.0 Å². The molecule has 1 atom stereocenters. The van der Waals surface area contributed by atoms with E-state index >= 15 is 0 Å². The van der Waals surface area contributed by atoms with Crippen LogP contribution in [0.5, 0.6) is 0 Å². The second-order valence-electron chi connectivity index (χ2n) is 4.27. The molecule has 2 aromatic rings. The Morgan fingerprint density at radius 3 is 2.82 bits per heavy atom. The lowest BCUT2D eigenvalue weighted by Crippen LogP contribution is -2.40. The number of fused-ring (bicyclic) bond motifs is 1. The molecular formula is C12H15NO2S2. The van der Waals surface area contributed by atoms with E-state index in [1.165, 1.54) is 11.3 Å². The first-order chi connectivity index (χ1) is 8.11. The molecule has 1 amide bonds. The third kappa shape index (κ3) is 2.68. The van der Waals surface area contributed by atoms with Gasteiger partial charge in [0.05, 0.1) is 17.5 Å². The molecule has 0 radical (unpaired) electrons. The first-order valence-electron chi connectivity index (χ1n) is 5.50. The van der Waals surface area contributed by atoms with Gasteiger partial charge in [0.25, 0.3) is 5.91 Å². The van der Waals surface area contributed by atoms with Gasteiger partial charge in [-0.25, -0.2) is 0 Å². The minimum Gasteiger partial charge on any atom is -0.394 e. The minimum absolute atomic E-state index is 0.0247. The van der Waals surface area contributed by atoms with Crippen molar-refractivity contribution in [1.29, 1.82) is 0 Å². The maximum atomic E-state index is 12.0. The fourth-order valence-electron chi connectivity index (χ4n) is 1.54. The average molecular weight is 269 g/mol. The molecule has 2 N–H and O–H groups in total. The molecular weight excluding hydrogens is 254 g/mol. The van der Waals surface area contributed by atoms with E-state index in [0.29, 0.717) is 4.88 Å². The number of hydrogen-bond acceptors (Lipinski definition) is 4. The number of nitrogens with one attached hydrogen (secondary N) is 1. The Balaban J connectivity index is 2.12. The van der Waals surface area contributed by atoms with Crippen molar-refractivity contribution in [1.82, 2.24) is 5.32 Å². The third-order valence-corrected chi connectivity index (χ3v) is 4.77. The zero-order valence-corrected chi connectivity index (χ0v) is 11.4. The van der Waals surface area contributed by atoms with E-state index in [1.807, 2.05) is 31.4 Å². The zero-order valence-electron chi connectivity index (χ0n) is 9.77. The van der Waals surface area contributed by atoms with Gasteiger partial charge in [-0.15, -0.1) is 22.7 Å². The Morgan fingerprint density at radius 2 is 2.24 bits per heavy atom. The predicted octanol–water partition coefficient (Wildman–Crippen LogP) is 2.71. The van der Waals surface area contributed by atoms with Gasteiger partial charge < -0.3 is 10.4 Å². The quantitative estimate of drug-likeness (QED) is 0.896. The molecule has 1 unspecified atom stereocenters. The fraction of sp³-hybridized carbons (Fsp3) is 0.417. The SMILES string of the molecule is CC(C)C(CO)NC(=O)c1cc2sccc2s1. The van der Waals surface area contributed by atoms with E-state index < -0.39 is 0 Å². The molecule has 5 heteroatoms. The summed E-state index contributed by atoms with van der Waals surface area (Å²) in [5.41, 5.74) is 0. The number of thiophene rings is 2. The van der Waals surface area contributed by atoms with Crippen LogP contribution >= 0.6 is 22.7 Å². The van der Waals surface area contributed by atoms with Crippen molar-refractivity contribution in [2.24, 2.45) is 5.92 Å². The van der Waals surface area contributed by atoms with Crippen LogP contribution < -0.4 is 5.32 Å². The molecule has 0 aliphatic heterocycles. The van der Waals surface area contributed by atoms with Crippen LogP contribution in [-0.2, 0) is 0 Å². The number of carbonyl (C=O) groups is 1. The first kappa shape index (κ1) is 12.5. The monoisotopic (exact) mass is 269 g/mol. The predicted molar refractivity (Wildman–Crippen MR) is 72.9 cm³/mol. The van der Waals surface area contributed by atoms with Gasteiger partial charge in [-0.3, -0.25) is 4.79 Å². The normalized spacial score (nSPS) is 13.2. The molecule has 2 aromatic heterocycles. The highest BCUT2D eigenvalue weighted by Crippen LogP contribution is 2.29. The van der Waals surface area contributed by atoms with Gasteiger partial charge in [-0.2, -0.15) is 0 Å². The van der Waals surface area contributed by atoms with Crippen LogP contribution in [0.15, 0.2) is 17.5 Å². The van der Waals surface area contributed by atoms with Crippen LogP contribution in [0, 0.1) is 5.92 Å². The lowest BCUT2D eigenvalue weighted by atomic mass is 10.1. The second-order valence-corrected chi connectivity index (χ2v) is 6.30. The molecule has 92 valence electrons. The summed E-state index contributed by atoms with van der Waals surface area (Å²) in [7, 11) is 0. The Labute approximate surface area is 108 Å². The Hall–Kier alpha value is -0.910. The van der Waals surface area contributed by atoms with E-state index in [2.05, 4.69) is 5.32 Å². The number of hydrogen-bond donors (Lipinski definition) is 2. The molecule has 0 spiro atoms. The topological polar surface area (TPSA) is 49.3 Å². The van der Waals surface area contributed by atoms with Crippen molar-refractivity contribution in [3.05, 3.63) is 22.4 Å². The molecule has 0 aromatic carbocycles. The minimum atomic E-state index is -0.178. The van der Waals surface area contributed by atoms with Gasteiger partial charge in [0.2, 0.25) is 0 Å². The molecule has 0 saturated carbocycles. The molecule has 0 bridgehead atoms. The first-order valence-corrected chi connectivity index (χ1v) is 7.20. The van der Waals surface area contributed by atoms with Crippen molar-refractivity contribution in [2.45, 2.75) is 19.9 Å². The van der Waals surface area contributed by atoms with Crippen LogP contribution in [0.25, 0.3) is 9.40 Å². The summed E-state index contributed by atoms with van der Waals surface area (Å²) in [5.74, 6) is 0.135. The largest absolute Gasteiger partial charge is 0.394 e. The molecule has 17 heavy (non-hydrogen) atoms. The highest BCUT2D eigenvalue weighted by atomic mass is 32.1.